The Labute approximate surface area is 137 Å². The Morgan fingerprint density at radius 3 is 2.38 bits per heavy atom. The lowest BCUT2D eigenvalue weighted by molar-refractivity contribution is -0.393. The van der Waals surface area contributed by atoms with Gasteiger partial charge in [0, 0.05) is 17.8 Å². The molecule has 0 atom stereocenters. The van der Waals surface area contributed by atoms with Gasteiger partial charge in [-0.2, -0.15) is 0 Å². The minimum Gasteiger partial charge on any atom is -0.493 e. The van der Waals surface area contributed by atoms with E-state index in [0.29, 0.717) is 23.8 Å². The molecule has 0 radical (unpaired) electrons. The maximum atomic E-state index is 11.1. The first-order valence-electron chi connectivity index (χ1n) is 6.97. The Hall–Kier alpha value is -3.36. The van der Waals surface area contributed by atoms with Gasteiger partial charge in [-0.1, -0.05) is 0 Å². The molecule has 2 rings (SSSR count). The second kappa shape index (κ2) is 7.27. The number of anilines is 2. The zero-order valence-electron chi connectivity index (χ0n) is 13.0. The standard InChI is InChI=1S/C15H15N3O6/c1-3-24-14-7-4-10(8-15(14)23-2)16-12-6-5-11(17(19)20)9-13(12)18(21)22/h4-9,16H,3H2,1-2H3. The lowest BCUT2D eigenvalue weighted by Gasteiger charge is -2.12. The van der Waals surface area contributed by atoms with Gasteiger partial charge >= 0.3 is 0 Å². The van der Waals surface area contributed by atoms with Gasteiger partial charge in [0.2, 0.25) is 0 Å². The van der Waals surface area contributed by atoms with E-state index in [4.69, 9.17) is 9.47 Å². The van der Waals surface area contributed by atoms with Crippen LogP contribution in [0.1, 0.15) is 6.92 Å². The molecule has 0 bridgehead atoms. The highest BCUT2D eigenvalue weighted by Gasteiger charge is 2.19. The van der Waals surface area contributed by atoms with Crippen LogP contribution in [0.2, 0.25) is 0 Å². The number of nitro benzene ring substituents is 2. The van der Waals surface area contributed by atoms with E-state index < -0.39 is 15.5 Å². The first-order valence-corrected chi connectivity index (χ1v) is 6.97. The van der Waals surface area contributed by atoms with Gasteiger partial charge in [-0.3, -0.25) is 20.2 Å². The number of hydrogen-bond donors (Lipinski definition) is 1. The summed E-state index contributed by atoms with van der Waals surface area (Å²) in [4.78, 5) is 20.5. The molecule has 1 N–H and O–H groups in total. The van der Waals surface area contributed by atoms with Gasteiger partial charge in [0.15, 0.2) is 11.5 Å². The number of benzene rings is 2. The van der Waals surface area contributed by atoms with E-state index >= 15 is 0 Å². The summed E-state index contributed by atoms with van der Waals surface area (Å²) in [6, 6.07) is 8.35. The highest BCUT2D eigenvalue weighted by atomic mass is 16.6. The quantitative estimate of drug-likeness (QED) is 0.607. The number of nitro groups is 2. The van der Waals surface area contributed by atoms with Gasteiger partial charge in [0.25, 0.3) is 11.4 Å². The molecule has 0 aromatic heterocycles. The summed E-state index contributed by atoms with van der Waals surface area (Å²) >= 11 is 0. The van der Waals surface area contributed by atoms with Gasteiger partial charge in [-0.15, -0.1) is 0 Å². The number of rotatable bonds is 7. The summed E-state index contributed by atoms with van der Waals surface area (Å²) in [5, 5.41) is 24.8. The maximum absolute atomic E-state index is 11.1. The Morgan fingerprint density at radius 2 is 1.79 bits per heavy atom. The molecule has 0 saturated carbocycles. The normalized spacial score (nSPS) is 10.1. The zero-order valence-corrected chi connectivity index (χ0v) is 13.0. The summed E-state index contributed by atoms with van der Waals surface area (Å²) in [5.41, 5.74) is -0.0855. The molecule has 0 aliphatic rings. The molecule has 9 nitrogen and oxygen atoms in total. The van der Waals surface area contributed by atoms with Crippen LogP contribution in [0.4, 0.5) is 22.7 Å². The number of nitrogens with one attached hydrogen (secondary N) is 1. The van der Waals surface area contributed by atoms with Crippen LogP contribution in [0.5, 0.6) is 11.5 Å². The first-order chi connectivity index (χ1) is 11.5. The third kappa shape index (κ3) is 3.69. The Bertz CT molecular complexity index is 778. The van der Waals surface area contributed by atoms with E-state index in [1.54, 1.807) is 18.2 Å². The lowest BCUT2D eigenvalue weighted by atomic mass is 10.2. The molecule has 0 saturated heterocycles. The van der Waals surface area contributed by atoms with Crippen molar-refractivity contribution in [2.24, 2.45) is 0 Å². The molecule has 9 heteroatoms. The van der Waals surface area contributed by atoms with E-state index in [1.807, 2.05) is 6.92 Å². The molecule has 24 heavy (non-hydrogen) atoms. The average Bonchev–Trinajstić information content (AvgIpc) is 2.56. The molecule has 0 spiro atoms. The van der Waals surface area contributed by atoms with Crippen LogP contribution in [0, 0.1) is 20.2 Å². The molecule has 126 valence electrons. The molecule has 0 amide bonds. The zero-order chi connectivity index (χ0) is 17.7. The maximum Gasteiger partial charge on any atom is 0.299 e. The Morgan fingerprint density at radius 1 is 1.04 bits per heavy atom. The molecule has 0 aliphatic heterocycles. The number of nitrogens with zero attached hydrogens (tertiary/aromatic N) is 2. The minimum absolute atomic E-state index is 0.136. The minimum atomic E-state index is -0.684. The SMILES string of the molecule is CCOc1ccc(Nc2ccc([N+](=O)[O-])cc2[N+](=O)[O-])cc1OC. The topological polar surface area (TPSA) is 117 Å². The molecule has 0 fully saturated rings. The second-order valence-electron chi connectivity index (χ2n) is 4.64. The van der Waals surface area contributed by atoms with Crippen molar-refractivity contribution in [1.29, 1.82) is 0 Å². The van der Waals surface area contributed by atoms with Gasteiger partial charge < -0.3 is 14.8 Å². The highest BCUT2D eigenvalue weighted by molar-refractivity contribution is 5.72. The van der Waals surface area contributed by atoms with Crippen LogP contribution in [0.25, 0.3) is 0 Å². The molecule has 2 aromatic carbocycles. The number of ether oxygens (including phenoxy) is 2. The van der Waals surface area contributed by atoms with Gasteiger partial charge in [-0.25, -0.2) is 0 Å². The Kier molecular flexibility index (Phi) is 5.15. The van der Waals surface area contributed by atoms with Crippen molar-refractivity contribution in [1.82, 2.24) is 0 Å². The molecule has 2 aromatic rings. The van der Waals surface area contributed by atoms with Crippen LogP contribution in [-0.2, 0) is 0 Å². The third-order valence-corrected chi connectivity index (χ3v) is 3.13. The van der Waals surface area contributed by atoms with Crippen LogP contribution in [-0.4, -0.2) is 23.6 Å². The average molecular weight is 333 g/mol. The van der Waals surface area contributed by atoms with Gasteiger partial charge in [-0.05, 0) is 25.1 Å². The predicted molar refractivity (Wildman–Crippen MR) is 87.2 cm³/mol. The number of methoxy groups -OCH3 is 1. The van der Waals surface area contributed by atoms with E-state index in [9.17, 15) is 20.2 Å². The molecular formula is C15H15N3O6. The van der Waals surface area contributed by atoms with Crippen molar-refractivity contribution in [3.63, 3.8) is 0 Å². The van der Waals surface area contributed by atoms with E-state index in [0.717, 1.165) is 6.07 Å². The second-order valence-corrected chi connectivity index (χ2v) is 4.64. The predicted octanol–water partition coefficient (Wildman–Crippen LogP) is 3.65. The lowest BCUT2D eigenvalue weighted by Crippen LogP contribution is -2.00. The third-order valence-electron chi connectivity index (χ3n) is 3.13. The Balaban J connectivity index is 2.37. The van der Waals surface area contributed by atoms with Crippen molar-refractivity contribution in [2.75, 3.05) is 19.0 Å². The van der Waals surface area contributed by atoms with E-state index in [2.05, 4.69) is 5.32 Å². The van der Waals surface area contributed by atoms with Crippen molar-refractivity contribution in [3.8, 4) is 11.5 Å². The first kappa shape index (κ1) is 17.0. The van der Waals surface area contributed by atoms with E-state index in [-0.39, 0.29) is 11.4 Å². The fourth-order valence-electron chi connectivity index (χ4n) is 2.07. The molecule has 0 heterocycles. The van der Waals surface area contributed by atoms with Crippen molar-refractivity contribution < 1.29 is 19.3 Å². The van der Waals surface area contributed by atoms with Crippen LogP contribution < -0.4 is 14.8 Å². The van der Waals surface area contributed by atoms with Crippen molar-refractivity contribution in [3.05, 3.63) is 56.6 Å². The van der Waals surface area contributed by atoms with Crippen LogP contribution >= 0.6 is 0 Å². The van der Waals surface area contributed by atoms with Crippen LogP contribution in [0.15, 0.2) is 36.4 Å². The van der Waals surface area contributed by atoms with Crippen LogP contribution in [0.3, 0.4) is 0 Å². The fourth-order valence-corrected chi connectivity index (χ4v) is 2.07. The van der Waals surface area contributed by atoms with Gasteiger partial charge in [0.1, 0.15) is 5.69 Å². The fraction of sp³-hybridized carbons (Fsp3) is 0.200. The highest BCUT2D eigenvalue weighted by Crippen LogP contribution is 2.35. The van der Waals surface area contributed by atoms with Crippen molar-refractivity contribution in [2.45, 2.75) is 6.92 Å². The molecular weight excluding hydrogens is 318 g/mol. The number of non-ortho nitro benzene ring substituents is 1. The summed E-state index contributed by atoms with van der Waals surface area (Å²) in [7, 11) is 1.48. The summed E-state index contributed by atoms with van der Waals surface area (Å²) in [5.74, 6) is 1.01. The van der Waals surface area contributed by atoms with Gasteiger partial charge in [0.05, 0.1) is 29.6 Å². The largest absolute Gasteiger partial charge is 0.493 e. The van der Waals surface area contributed by atoms with Crippen molar-refractivity contribution >= 4 is 22.7 Å². The number of hydrogen-bond acceptors (Lipinski definition) is 7. The monoisotopic (exact) mass is 333 g/mol. The molecule has 0 unspecified atom stereocenters. The summed E-state index contributed by atoms with van der Waals surface area (Å²) in [6.45, 7) is 2.31. The van der Waals surface area contributed by atoms with E-state index in [1.165, 1.54) is 19.2 Å². The smallest absolute Gasteiger partial charge is 0.299 e. The summed E-state index contributed by atoms with van der Waals surface area (Å²) < 4.78 is 10.6. The molecule has 0 aliphatic carbocycles. The summed E-state index contributed by atoms with van der Waals surface area (Å²) in [6.07, 6.45) is 0.